The lowest BCUT2D eigenvalue weighted by Gasteiger charge is -2.21. The van der Waals surface area contributed by atoms with Crippen LogP contribution in [-0.4, -0.2) is 28.4 Å². The smallest absolute Gasteiger partial charge is 0.254 e. The predicted octanol–water partition coefficient (Wildman–Crippen LogP) is 1.89. The minimum atomic E-state index is -0.0207. The molecule has 5 nitrogen and oxygen atoms in total. The average molecular weight is 269 g/mol. The van der Waals surface area contributed by atoms with Crippen molar-refractivity contribution >= 4 is 23.3 Å². The zero-order chi connectivity index (χ0) is 13.3. The van der Waals surface area contributed by atoms with Gasteiger partial charge in [0.1, 0.15) is 11.0 Å². The number of pyridine rings is 1. The number of hydrazine groups is 1. The Hall–Kier alpha value is -1.33. The Labute approximate surface area is 111 Å². The number of rotatable bonds is 2. The Morgan fingerprint density at radius 2 is 2.28 bits per heavy atom. The summed E-state index contributed by atoms with van der Waals surface area (Å²) in [6.45, 7) is 4.99. The van der Waals surface area contributed by atoms with Gasteiger partial charge in [0.05, 0.1) is 0 Å². The van der Waals surface area contributed by atoms with Crippen LogP contribution in [0.25, 0.3) is 0 Å². The van der Waals surface area contributed by atoms with Gasteiger partial charge >= 0.3 is 0 Å². The molecule has 1 amide bonds. The molecule has 1 aromatic rings. The highest BCUT2D eigenvalue weighted by molar-refractivity contribution is 6.29. The second-order valence-electron chi connectivity index (χ2n) is 4.86. The molecule has 0 aliphatic carbocycles. The van der Waals surface area contributed by atoms with E-state index in [4.69, 9.17) is 17.4 Å². The van der Waals surface area contributed by atoms with Crippen LogP contribution in [0.3, 0.4) is 0 Å². The van der Waals surface area contributed by atoms with Crippen molar-refractivity contribution in [2.75, 3.05) is 12.0 Å². The molecule has 0 radical (unpaired) electrons. The highest BCUT2D eigenvalue weighted by atomic mass is 35.5. The van der Waals surface area contributed by atoms with Crippen molar-refractivity contribution in [2.45, 2.75) is 26.3 Å². The number of amides is 1. The van der Waals surface area contributed by atoms with Crippen LogP contribution < -0.4 is 11.3 Å². The zero-order valence-electron chi connectivity index (χ0n) is 10.5. The minimum Gasteiger partial charge on any atom is -0.336 e. The van der Waals surface area contributed by atoms with Crippen molar-refractivity contribution in [3.05, 3.63) is 22.8 Å². The number of anilines is 1. The number of aromatic nitrogens is 1. The molecule has 6 heteroatoms. The Morgan fingerprint density at radius 3 is 2.83 bits per heavy atom. The summed E-state index contributed by atoms with van der Waals surface area (Å²) in [4.78, 5) is 18.2. The average Bonchev–Trinajstić information content (AvgIpc) is 2.66. The Balaban J connectivity index is 2.26. The highest BCUT2D eigenvalue weighted by Crippen LogP contribution is 2.25. The molecule has 0 bridgehead atoms. The lowest BCUT2D eigenvalue weighted by Crippen LogP contribution is -2.34. The maximum absolute atomic E-state index is 12.4. The van der Waals surface area contributed by atoms with Gasteiger partial charge in [-0.05, 0) is 31.4 Å². The topological polar surface area (TPSA) is 71.2 Å². The molecule has 2 rings (SSSR count). The van der Waals surface area contributed by atoms with Crippen LogP contribution in [0, 0.1) is 5.92 Å². The third kappa shape index (κ3) is 2.57. The minimum absolute atomic E-state index is 0.0207. The van der Waals surface area contributed by atoms with Crippen LogP contribution >= 0.6 is 11.6 Å². The number of nitrogens with one attached hydrogen (secondary N) is 1. The third-order valence-electron chi connectivity index (χ3n) is 3.23. The van der Waals surface area contributed by atoms with Crippen LogP contribution in [0.15, 0.2) is 12.1 Å². The lowest BCUT2D eigenvalue weighted by molar-refractivity contribution is 0.0743. The number of likely N-dealkylation sites (tertiary alicyclic amines) is 1. The van der Waals surface area contributed by atoms with E-state index in [9.17, 15) is 4.79 Å². The van der Waals surface area contributed by atoms with Crippen LogP contribution in [0.1, 0.15) is 30.6 Å². The summed E-state index contributed by atoms with van der Waals surface area (Å²) in [5, 5.41) is 0.258. The molecule has 0 saturated carbocycles. The number of hydrogen-bond acceptors (Lipinski definition) is 4. The molecule has 98 valence electrons. The van der Waals surface area contributed by atoms with Gasteiger partial charge < -0.3 is 10.3 Å². The van der Waals surface area contributed by atoms with E-state index in [-0.39, 0.29) is 17.1 Å². The van der Waals surface area contributed by atoms with Gasteiger partial charge in [-0.25, -0.2) is 10.8 Å². The van der Waals surface area contributed by atoms with E-state index in [1.54, 1.807) is 12.1 Å². The highest BCUT2D eigenvalue weighted by Gasteiger charge is 2.30. The van der Waals surface area contributed by atoms with E-state index in [0.717, 1.165) is 13.0 Å². The molecule has 1 aliphatic heterocycles. The van der Waals surface area contributed by atoms with Gasteiger partial charge in [0, 0.05) is 18.2 Å². The van der Waals surface area contributed by atoms with Crippen molar-refractivity contribution in [1.29, 1.82) is 0 Å². The summed E-state index contributed by atoms with van der Waals surface area (Å²) in [5.41, 5.74) is 2.92. The molecule has 18 heavy (non-hydrogen) atoms. The monoisotopic (exact) mass is 268 g/mol. The summed E-state index contributed by atoms with van der Waals surface area (Å²) < 4.78 is 0. The number of nitrogen functional groups attached to an aromatic ring is 1. The molecule has 2 atom stereocenters. The van der Waals surface area contributed by atoms with Crippen molar-refractivity contribution in [2.24, 2.45) is 11.8 Å². The van der Waals surface area contributed by atoms with Gasteiger partial charge in [-0.3, -0.25) is 4.79 Å². The van der Waals surface area contributed by atoms with Crippen molar-refractivity contribution in [3.8, 4) is 0 Å². The first-order valence-corrected chi connectivity index (χ1v) is 6.34. The van der Waals surface area contributed by atoms with E-state index in [2.05, 4.69) is 24.3 Å². The molecule has 0 aromatic carbocycles. The van der Waals surface area contributed by atoms with Crippen molar-refractivity contribution in [1.82, 2.24) is 9.88 Å². The van der Waals surface area contributed by atoms with Gasteiger partial charge in [0.2, 0.25) is 0 Å². The summed E-state index contributed by atoms with van der Waals surface area (Å²) in [6.07, 6.45) is 1.03. The Morgan fingerprint density at radius 1 is 1.56 bits per heavy atom. The molecule has 2 heterocycles. The van der Waals surface area contributed by atoms with E-state index in [0.29, 0.717) is 17.3 Å². The van der Waals surface area contributed by atoms with E-state index < -0.39 is 0 Å². The van der Waals surface area contributed by atoms with E-state index in [1.807, 2.05) is 4.90 Å². The number of halogens is 1. The number of hydrogen-bond donors (Lipinski definition) is 2. The number of carbonyl (C=O) groups excluding carboxylic acids is 1. The molecular weight excluding hydrogens is 252 g/mol. The summed E-state index contributed by atoms with van der Waals surface area (Å²) in [6, 6.07) is 3.44. The Kier molecular flexibility index (Phi) is 3.73. The number of nitrogens with zero attached hydrogens (tertiary/aromatic N) is 2. The van der Waals surface area contributed by atoms with Gasteiger partial charge in [-0.2, -0.15) is 0 Å². The number of carbonyl (C=O) groups is 1. The van der Waals surface area contributed by atoms with E-state index in [1.165, 1.54) is 0 Å². The Bertz CT molecular complexity index is 465. The third-order valence-corrected chi connectivity index (χ3v) is 3.43. The van der Waals surface area contributed by atoms with Gasteiger partial charge in [0.15, 0.2) is 0 Å². The fraction of sp³-hybridized carbons (Fsp3) is 0.500. The molecule has 0 spiro atoms. The van der Waals surface area contributed by atoms with Crippen LogP contribution in [-0.2, 0) is 0 Å². The molecule has 3 N–H and O–H groups in total. The van der Waals surface area contributed by atoms with Crippen LogP contribution in [0.5, 0.6) is 0 Å². The standard InChI is InChI=1S/C12H17ClN4O/c1-7-3-8(2)17(6-7)12(18)9-4-10(13)15-11(5-9)16-14/h4-5,7-8H,3,6,14H2,1-2H3,(H,15,16). The van der Waals surface area contributed by atoms with Crippen molar-refractivity contribution in [3.63, 3.8) is 0 Å². The zero-order valence-corrected chi connectivity index (χ0v) is 11.2. The first kappa shape index (κ1) is 13.1. The van der Waals surface area contributed by atoms with Gasteiger partial charge in [-0.15, -0.1) is 0 Å². The number of nitrogens with two attached hydrogens (primary N) is 1. The SMILES string of the molecule is CC1CC(C)N(C(=O)c2cc(Cl)nc(NN)c2)C1. The molecule has 1 saturated heterocycles. The quantitative estimate of drug-likeness (QED) is 0.488. The molecule has 2 unspecified atom stereocenters. The first-order chi connectivity index (χ1) is 8.51. The maximum atomic E-state index is 12.4. The molecule has 1 fully saturated rings. The molecule has 1 aliphatic rings. The largest absolute Gasteiger partial charge is 0.336 e. The fourth-order valence-electron chi connectivity index (χ4n) is 2.44. The second-order valence-corrected chi connectivity index (χ2v) is 5.24. The summed E-state index contributed by atoms with van der Waals surface area (Å²) >= 11 is 5.87. The van der Waals surface area contributed by atoms with Crippen molar-refractivity contribution < 1.29 is 4.79 Å². The maximum Gasteiger partial charge on any atom is 0.254 e. The second kappa shape index (κ2) is 5.12. The van der Waals surface area contributed by atoms with E-state index >= 15 is 0 Å². The molecule has 1 aromatic heterocycles. The lowest BCUT2D eigenvalue weighted by atomic mass is 10.1. The van der Waals surface area contributed by atoms with Crippen LogP contribution in [0.4, 0.5) is 5.82 Å². The fourth-order valence-corrected chi connectivity index (χ4v) is 2.65. The summed E-state index contributed by atoms with van der Waals surface area (Å²) in [5.74, 6) is 6.20. The van der Waals surface area contributed by atoms with Gasteiger partial charge in [0.25, 0.3) is 5.91 Å². The predicted molar refractivity (Wildman–Crippen MR) is 71.3 cm³/mol. The molecular formula is C12H17ClN4O. The first-order valence-electron chi connectivity index (χ1n) is 5.96. The van der Waals surface area contributed by atoms with Crippen LogP contribution in [0.2, 0.25) is 5.15 Å². The normalized spacial score (nSPS) is 23.2. The van der Waals surface area contributed by atoms with Gasteiger partial charge in [-0.1, -0.05) is 18.5 Å². The summed E-state index contributed by atoms with van der Waals surface area (Å²) in [7, 11) is 0.